The zero-order chi connectivity index (χ0) is 17.7. The number of amides is 1. The first kappa shape index (κ1) is 18.6. The number of hydrogen-bond donors (Lipinski definition) is 1. The van der Waals surface area contributed by atoms with Crippen molar-refractivity contribution in [2.75, 3.05) is 26.8 Å². The van der Waals surface area contributed by atoms with E-state index in [4.69, 9.17) is 4.74 Å². The molecule has 24 heavy (non-hydrogen) atoms. The molecule has 134 valence electrons. The van der Waals surface area contributed by atoms with Crippen molar-refractivity contribution in [3.63, 3.8) is 0 Å². The summed E-state index contributed by atoms with van der Waals surface area (Å²) >= 11 is 0. The third-order valence-electron chi connectivity index (χ3n) is 4.58. The highest BCUT2D eigenvalue weighted by atomic mass is 19.3. The van der Waals surface area contributed by atoms with E-state index in [0.29, 0.717) is 38.1 Å². The zero-order valence-electron chi connectivity index (χ0n) is 13.9. The molecule has 5 nitrogen and oxygen atoms in total. The summed E-state index contributed by atoms with van der Waals surface area (Å²) in [4.78, 5) is 14.2. The van der Waals surface area contributed by atoms with E-state index in [0.717, 1.165) is 0 Å². The molecule has 7 heteroatoms. The van der Waals surface area contributed by atoms with Gasteiger partial charge in [-0.1, -0.05) is 6.92 Å². The molecule has 1 saturated heterocycles. The Morgan fingerprint density at radius 1 is 1.42 bits per heavy atom. The quantitative estimate of drug-likeness (QED) is 0.862. The van der Waals surface area contributed by atoms with Crippen LogP contribution in [0.4, 0.5) is 8.78 Å². The van der Waals surface area contributed by atoms with Gasteiger partial charge in [0.25, 0.3) is 5.91 Å². The van der Waals surface area contributed by atoms with E-state index in [1.165, 1.54) is 24.3 Å². The molecule has 1 amide bonds. The minimum Gasteiger partial charge on any atom is -0.435 e. The second-order valence-electron chi connectivity index (χ2n) is 6.15. The van der Waals surface area contributed by atoms with Crippen LogP contribution in [-0.4, -0.2) is 54.9 Å². The number of nitrogens with zero attached hydrogens (tertiary/aromatic N) is 1. The number of ether oxygens (including phenoxy) is 2. The van der Waals surface area contributed by atoms with Crippen molar-refractivity contribution < 1.29 is 28.2 Å². The van der Waals surface area contributed by atoms with Gasteiger partial charge in [-0.3, -0.25) is 4.79 Å². The molecular formula is C17H23F2NO4. The van der Waals surface area contributed by atoms with Crippen molar-refractivity contribution in [1.29, 1.82) is 0 Å². The number of likely N-dealkylation sites (tertiary alicyclic amines) is 1. The van der Waals surface area contributed by atoms with Gasteiger partial charge in [0, 0.05) is 38.3 Å². The fourth-order valence-corrected chi connectivity index (χ4v) is 2.96. The van der Waals surface area contributed by atoms with Crippen molar-refractivity contribution in [2.24, 2.45) is 5.92 Å². The van der Waals surface area contributed by atoms with Crippen molar-refractivity contribution in [2.45, 2.75) is 32.0 Å². The maximum absolute atomic E-state index is 12.5. The van der Waals surface area contributed by atoms with E-state index < -0.39 is 12.2 Å². The highest BCUT2D eigenvalue weighted by Gasteiger charge is 2.39. The summed E-state index contributed by atoms with van der Waals surface area (Å²) in [5.74, 6) is -0.242. The largest absolute Gasteiger partial charge is 0.435 e. The SMILES string of the molecule is COCC[C@]1(O)CCN(C(=O)c2ccc(OC(F)F)cc2)C[C@H]1C. The van der Waals surface area contributed by atoms with E-state index in [9.17, 15) is 18.7 Å². The van der Waals surface area contributed by atoms with Crippen LogP contribution in [0.2, 0.25) is 0 Å². The van der Waals surface area contributed by atoms with Gasteiger partial charge in [-0.2, -0.15) is 8.78 Å². The Hall–Kier alpha value is -1.73. The van der Waals surface area contributed by atoms with Crippen molar-refractivity contribution >= 4 is 5.91 Å². The lowest BCUT2D eigenvalue weighted by Gasteiger charge is -2.43. The number of carbonyl (C=O) groups excluding carboxylic acids is 1. The molecular weight excluding hydrogens is 320 g/mol. The van der Waals surface area contributed by atoms with Gasteiger partial charge in [0.15, 0.2) is 0 Å². The predicted molar refractivity (Wildman–Crippen MR) is 84.2 cm³/mol. The fraction of sp³-hybridized carbons (Fsp3) is 0.588. The van der Waals surface area contributed by atoms with Crippen LogP contribution in [0.25, 0.3) is 0 Å². The van der Waals surface area contributed by atoms with Gasteiger partial charge in [0.2, 0.25) is 0 Å². The van der Waals surface area contributed by atoms with Crippen molar-refractivity contribution in [1.82, 2.24) is 4.90 Å². The van der Waals surface area contributed by atoms with Gasteiger partial charge >= 0.3 is 6.61 Å². The minimum atomic E-state index is -2.89. The summed E-state index contributed by atoms with van der Waals surface area (Å²) in [5, 5.41) is 10.7. The first-order chi connectivity index (χ1) is 11.4. The summed E-state index contributed by atoms with van der Waals surface area (Å²) in [6, 6.07) is 5.64. The number of methoxy groups -OCH3 is 1. The number of piperidine rings is 1. The molecule has 2 atom stereocenters. The first-order valence-corrected chi connectivity index (χ1v) is 7.91. The molecule has 1 fully saturated rings. The monoisotopic (exact) mass is 343 g/mol. The van der Waals surface area contributed by atoms with E-state index in [2.05, 4.69) is 4.74 Å². The number of aliphatic hydroxyl groups is 1. The average Bonchev–Trinajstić information content (AvgIpc) is 2.55. The molecule has 1 N–H and O–H groups in total. The molecule has 2 rings (SSSR count). The summed E-state index contributed by atoms with van der Waals surface area (Å²) < 4.78 is 33.6. The number of benzene rings is 1. The fourth-order valence-electron chi connectivity index (χ4n) is 2.96. The summed E-state index contributed by atoms with van der Waals surface area (Å²) in [5.41, 5.74) is -0.423. The maximum atomic E-state index is 12.5. The van der Waals surface area contributed by atoms with Gasteiger partial charge in [-0.25, -0.2) is 0 Å². The van der Waals surface area contributed by atoms with Crippen LogP contribution < -0.4 is 4.74 Å². The second kappa shape index (κ2) is 7.90. The standard InChI is InChI=1S/C17H23F2NO4/c1-12-11-20(9-7-17(12,22)8-10-23-2)15(21)13-3-5-14(6-4-13)24-16(18)19/h3-6,12,16,22H,7-11H2,1-2H3/t12-,17-/m1/s1. The zero-order valence-corrected chi connectivity index (χ0v) is 13.9. The topological polar surface area (TPSA) is 59.0 Å². The van der Waals surface area contributed by atoms with E-state index in [1.807, 2.05) is 6.92 Å². The lowest BCUT2D eigenvalue weighted by molar-refractivity contribution is -0.0750. The molecule has 1 aliphatic rings. The Balaban J connectivity index is 1.99. The summed E-state index contributed by atoms with van der Waals surface area (Å²) in [6.45, 7) is 0.376. The number of hydrogen-bond acceptors (Lipinski definition) is 4. The van der Waals surface area contributed by atoms with Crippen LogP contribution >= 0.6 is 0 Å². The molecule has 0 aliphatic carbocycles. The van der Waals surface area contributed by atoms with Crippen LogP contribution in [0.5, 0.6) is 5.75 Å². The van der Waals surface area contributed by atoms with E-state index in [1.54, 1.807) is 12.0 Å². The molecule has 1 aromatic carbocycles. The lowest BCUT2D eigenvalue weighted by Crippen LogP contribution is -2.52. The van der Waals surface area contributed by atoms with Gasteiger partial charge < -0.3 is 19.5 Å². The normalized spacial score (nSPS) is 24.2. The number of alkyl halides is 2. The Morgan fingerprint density at radius 3 is 2.62 bits per heavy atom. The Bertz CT molecular complexity index is 552. The van der Waals surface area contributed by atoms with Crippen LogP contribution in [-0.2, 0) is 4.74 Å². The van der Waals surface area contributed by atoms with Crippen molar-refractivity contribution in [3.05, 3.63) is 29.8 Å². The number of carbonyl (C=O) groups is 1. The minimum absolute atomic E-state index is 0.0162. The van der Waals surface area contributed by atoms with Crippen LogP contribution in [0.3, 0.4) is 0 Å². The maximum Gasteiger partial charge on any atom is 0.387 e. The Kier molecular flexibility index (Phi) is 6.12. The molecule has 1 heterocycles. The highest BCUT2D eigenvalue weighted by molar-refractivity contribution is 5.94. The molecule has 1 aromatic rings. The van der Waals surface area contributed by atoms with Crippen molar-refractivity contribution in [3.8, 4) is 5.75 Å². The summed E-state index contributed by atoms with van der Waals surface area (Å²) in [6.07, 6.45) is 1.02. The van der Waals surface area contributed by atoms with Crippen LogP contribution in [0.15, 0.2) is 24.3 Å². The molecule has 0 saturated carbocycles. The molecule has 0 aromatic heterocycles. The highest BCUT2D eigenvalue weighted by Crippen LogP contribution is 2.31. The lowest BCUT2D eigenvalue weighted by atomic mass is 9.79. The van der Waals surface area contributed by atoms with Gasteiger partial charge in [-0.05, 0) is 37.1 Å². The Morgan fingerprint density at radius 2 is 2.08 bits per heavy atom. The summed E-state index contributed by atoms with van der Waals surface area (Å²) in [7, 11) is 1.59. The second-order valence-corrected chi connectivity index (χ2v) is 6.15. The van der Waals surface area contributed by atoms with Crippen LogP contribution in [0.1, 0.15) is 30.1 Å². The average molecular weight is 343 g/mol. The predicted octanol–water partition coefficient (Wildman–Crippen LogP) is 2.54. The third-order valence-corrected chi connectivity index (χ3v) is 4.58. The molecule has 0 spiro atoms. The number of rotatable bonds is 6. The van der Waals surface area contributed by atoms with Gasteiger partial charge in [0.05, 0.1) is 5.60 Å². The first-order valence-electron chi connectivity index (χ1n) is 7.91. The molecule has 0 radical (unpaired) electrons. The smallest absolute Gasteiger partial charge is 0.387 e. The van der Waals surface area contributed by atoms with E-state index in [-0.39, 0.29) is 17.6 Å². The molecule has 0 unspecified atom stereocenters. The van der Waals surface area contributed by atoms with E-state index >= 15 is 0 Å². The molecule has 1 aliphatic heterocycles. The van der Waals surface area contributed by atoms with Crippen LogP contribution in [0, 0.1) is 5.92 Å². The van der Waals surface area contributed by atoms with Gasteiger partial charge in [0.1, 0.15) is 5.75 Å². The number of halogens is 2. The molecule has 0 bridgehead atoms. The van der Waals surface area contributed by atoms with Gasteiger partial charge in [-0.15, -0.1) is 0 Å². The Labute approximate surface area is 140 Å². The third kappa shape index (κ3) is 4.42.